The molecule has 4 rings (SSSR count). The highest BCUT2D eigenvalue weighted by Gasteiger charge is 2.44. The van der Waals surface area contributed by atoms with Crippen molar-refractivity contribution >= 4 is 17.7 Å². The number of rotatable bonds is 6. The molecule has 2 heterocycles. The van der Waals surface area contributed by atoms with E-state index < -0.39 is 18.1 Å². The van der Waals surface area contributed by atoms with E-state index in [0.717, 1.165) is 16.9 Å². The maximum atomic E-state index is 13.3. The third-order valence-electron chi connectivity index (χ3n) is 6.08. The minimum atomic E-state index is -0.590. The molecule has 0 radical (unpaired) electrons. The SMILES string of the molecule is COc1ccc(CNC(=O)C(c2ccccc2)N2CCN3C(=O)[C@H](C)NC(=O)[C@H]3C2)cc1. The van der Waals surface area contributed by atoms with E-state index >= 15 is 0 Å². The van der Waals surface area contributed by atoms with Crippen LogP contribution in [0.4, 0.5) is 0 Å². The number of hydrogen-bond acceptors (Lipinski definition) is 5. The normalized spacial score (nSPS) is 22.0. The highest BCUT2D eigenvalue weighted by Crippen LogP contribution is 2.26. The first-order valence-corrected chi connectivity index (χ1v) is 10.8. The summed E-state index contributed by atoms with van der Waals surface area (Å²) in [6.45, 7) is 3.31. The molecule has 2 aliphatic heterocycles. The van der Waals surface area contributed by atoms with Crippen molar-refractivity contribution in [3.8, 4) is 5.75 Å². The van der Waals surface area contributed by atoms with Gasteiger partial charge in [-0.1, -0.05) is 42.5 Å². The van der Waals surface area contributed by atoms with Crippen molar-refractivity contribution < 1.29 is 19.1 Å². The first kappa shape index (κ1) is 21.8. The maximum Gasteiger partial charge on any atom is 0.245 e. The second kappa shape index (κ2) is 9.40. The standard InChI is InChI=1S/C24H28N4O4/c1-16-24(31)28-13-12-27(15-20(28)22(29)26-16)21(18-6-4-3-5-7-18)23(30)25-14-17-8-10-19(32-2)11-9-17/h3-11,16,20-21H,12-15H2,1-2H3,(H,25,30)(H,26,29)/t16-,20+,21?/m0/s1. The highest BCUT2D eigenvalue weighted by molar-refractivity contribution is 5.97. The van der Waals surface area contributed by atoms with Crippen molar-refractivity contribution in [2.24, 2.45) is 0 Å². The van der Waals surface area contributed by atoms with Gasteiger partial charge >= 0.3 is 0 Å². The summed E-state index contributed by atoms with van der Waals surface area (Å²) in [5, 5.41) is 5.77. The first-order chi connectivity index (χ1) is 15.5. The monoisotopic (exact) mass is 436 g/mol. The Bertz CT molecular complexity index is 979. The van der Waals surface area contributed by atoms with Gasteiger partial charge in [0, 0.05) is 26.2 Å². The predicted molar refractivity (Wildman–Crippen MR) is 119 cm³/mol. The van der Waals surface area contributed by atoms with Crippen LogP contribution in [0.25, 0.3) is 0 Å². The van der Waals surface area contributed by atoms with Crippen LogP contribution < -0.4 is 15.4 Å². The molecule has 8 heteroatoms. The van der Waals surface area contributed by atoms with Crippen LogP contribution in [0.5, 0.6) is 5.75 Å². The van der Waals surface area contributed by atoms with E-state index in [1.165, 1.54) is 0 Å². The number of carbonyl (C=O) groups excluding carboxylic acids is 3. The molecule has 2 aliphatic rings. The molecule has 0 saturated carbocycles. The molecular weight excluding hydrogens is 408 g/mol. The number of benzene rings is 2. The Labute approximate surface area is 187 Å². The lowest BCUT2D eigenvalue weighted by molar-refractivity contribution is -0.154. The van der Waals surface area contributed by atoms with Gasteiger partial charge in [-0.25, -0.2) is 0 Å². The Morgan fingerprint density at radius 2 is 1.84 bits per heavy atom. The molecule has 0 spiro atoms. The second-order valence-corrected chi connectivity index (χ2v) is 8.15. The molecular formula is C24H28N4O4. The minimum absolute atomic E-state index is 0.0746. The van der Waals surface area contributed by atoms with Gasteiger partial charge in [0.25, 0.3) is 0 Å². The van der Waals surface area contributed by atoms with Crippen LogP contribution in [-0.4, -0.2) is 66.3 Å². The van der Waals surface area contributed by atoms with E-state index in [1.54, 1.807) is 18.9 Å². The fraction of sp³-hybridized carbons (Fsp3) is 0.375. The van der Waals surface area contributed by atoms with Crippen LogP contribution in [0.15, 0.2) is 54.6 Å². The zero-order valence-corrected chi connectivity index (χ0v) is 18.3. The quantitative estimate of drug-likeness (QED) is 0.707. The Morgan fingerprint density at radius 1 is 1.12 bits per heavy atom. The van der Waals surface area contributed by atoms with Gasteiger partial charge in [-0.2, -0.15) is 0 Å². The Morgan fingerprint density at radius 3 is 2.53 bits per heavy atom. The summed E-state index contributed by atoms with van der Waals surface area (Å²) in [6, 6.07) is 15.4. The number of ether oxygens (including phenoxy) is 1. The molecule has 2 aromatic rings. The fourth-order valence-electron chi connectivity index (χ4n) is 4.34. The first-order valence-electron chi connectivity index (χ1n) is 10.8. The van der Waals surface area contributed by atoms with Crippen molar-refractivity contribution in [1.82, 2.24) is 20.4 Å². The van der Waals surface area contributed by atoms with Crippen molar-refractivity contribution in [1.29, 1.82) is 0 Å². The number of nitrogens with zero attached hydrogens (tertiary/aromatic N) is 2. The summed E-state index contributed by atoms with van der Waals surface area (Å²) < 4.78 is 5.18. The zero-order valence-electron chi connectivity index (χ0n) is 18.3. The molecule has 3 amide bonds. The number of methoxy groups -OCH3 is 1. The van der Waals surface area contributed by atoms with E-state index in [1.807, 2.05) is 59.5 Å². The number of piperazine rings is 2. The van der Waals surface area contributed by atoms with Crippen molar-refractivity contribution in [2.45, 2.75) is 31.6 Å². The van der Waals surface area contributed by atoms with E-state index in [4.69, 9.17) is 4.74 Å². The molecule has 32 heavy (non-hydrogen) atoms. The molecule has 168 valence electrons. The van der Waals surface area contributed by atoms with Gasteiger partial charge in [0.2, 0.25) is 17.7 Å². The van der Waals surface area contributed by atoms with Crippen LogP contribution >= 0.6 is 0 Å². The Hall–Kier alpha value is -3.39. The molecule has 2 aromatic carbocycles. The molecule has 2 fully saturated rings. The lowest BCUT2D eigenvalue weighted by Crippen LogP contribution is -2.69. The van der Waals surface area contributed by atoms with Crippen LogP contribution in [0.2, 0.25) is 0 Å². The molecule has 0 bridgehead atoms. The second-order valence-electron chi connectivity index (χ2n) is 8.15. The van der Waals surface area contributed by atoms with Gasteiger partial charge in [0.15, 0.2) is 0 Å². The third kappa shape index (κ3) is 4.45. The zero-order chi connectivity index (χ0) is 22.7. The molecule has 2 saturated heterocycles. The summed E-state index contributed by atoms with van der Waals surface area (Å²) in [5.74, 6) is 0.368. The average Bonchev–Trinajstić information content (AvgIpc) is 2.82. The van der Waals surface area contributed by atoms with E-state index in [9.17, 15) is 14.4 Å². The van der Waals surface area contributed by atoms with E-state index in [0.29, 0.717) is 26.2 Å². The summed E-state index contributed by atoms with van der Waals surface area (Å²) in [5.41, 5.74) is 1.81. The lowest BCUT2D eigenvalue weighted by atomic mass is 9.99. The van der Waals surface area contributed by atoms with Crippen LogP contribution in [0.3, 0.4) is 0 Å². The van der Waals surface area contributed by atoms with Crippen molar-refractivity contribution in [3.05, 3.63) is 65.7 Å². The highest BCUT2D eigenvalue weighted by atomic mass is 16.5. The largest absolute Gasteiger partial charge is 0.497 e. The van der Waals surface area contributed by atoms with E-state index in [2.05, 4.69) is 10.6 Å². The van der Waals surface area contributed by atoms with Crippen molar-refractivity contribution in [3.63, 3.8) is 0 Å². The number of nitrogens with one attached hydrogen (secondary N) is 2. The molecule has 3 atom stereocenters. The topological polar surface area (TPSA) is 91.0 Å². The molecule has 8 nitrogen and oxygen atoms in total. The van der Waals surface area contributed by atoms with Crippen LogP contribution in [0, 0.1) is 0 Å². The minimum Gasteiger partial charge on any atom is -0.497 e. The summed E-state index contributed by atoms with van der Waals surface area (Å²) in [6.07, 6.45) is 0. The Kier molecular flexibility index (Phi) is 6.41. The van der Waals surface area contributed by atoms with Gasteiger partial charge in [0.05, 0.1) is 7.11 Å². The summed E-state index contributed by atoms with van der Waals surface area (Å²) in [4.78, 5) is 42.0. The van der Waals surface area contributed by atoms with Gasteiger partial charge in [-0.05, 0) is 30.2 Å². The van der Waals surface area contributed by atoms with Gasteiger partial charge in [-0.3, -0.25) is 19.3 Å². The number of amides is 3. The molecule has 0 aromatic heterocycles. The third-order valence-corrected chi connectivity index (χ3v) is 6.08. The predicted octanol–water partition coefficient (Wildman–Crippen LogP) is 1.08. The lowest BCUT2D eigenvalue weighted by Gasteiger charge is -2.46. The molecule has 2 N–H and O–H groups in total. The van der Waals surface area contributed by atoms with Crippen LogP contribution in [-0.2, 0) is 20.9 Å². The molecule has 1 unspecified atom stereocenters. The van der Waals surface area contributed by atoms with E-state index in [-0.39, 0.29) is 17.7 Å². The number of carbonyl (C=O) groups is 3. The number of hydrogen-bond donors (Lipinski definition) is 2. The Balaban J connectivity index is 1.51. The van der Waals surface area contributed by atoms with Gasteiger partial charge in [-0.15, -0.1) is 0 Å². The summed E-state index contributed by atoms with van der Waals surface area (Å²) >= 11 is 0. The van der Waals surface area contributed by atoms with Gasteiger partial charge in [0.1, 0.15) is 23.9 Å². The molecule has 0 aliphatic carbocycles. The number of fused-ring (bicyclic) bond motifs is 1. The maximum absolute atomic E-state index is 13.3. The smallest absolute Gasteiger partial charge is 0.245 e. The summed E-state index contributed by atoms with van der Waals surface area (Å²) in [7, 11) is 1.61. The fourth-order valence-corrected chi connectivity index (χ4v) is 4.34. The van der Waals surface area contributed by atoms with Crippen molar-refractivity contribution in [2.75, 3.05) is 26.7 Å². The van der Waals surface area contributed by atoms with Crippen LogP contribution in [0.1, 0.15) is 24.1 Å². The van der Waals surface area contributed by atoms with Gasteiger partial charge < -0.3 is 20.3 Å². The average molecular weight is 437 g/mol.